The number of nitrogens with zero attached hydrogens (tertiary/aromatic N) is 5. The van der Waals surface area contributed by atoms with Crippen LogP contribution in [0.4, 0.5) is 17.2 Å². The number of thioether (sulfide) groups is 1. The molecule has 0 saturated carbocycles. The summed E-state index contributed by atoms with van der Waals surface area (Å²) in [5, 5.41) is 33.6. The molecule has 0 aliphatic carbocycles. The fraction of sp³-hybridized carbons (Fsp3) is 0.400. The second-order valence-electron chi connectivity index (χ2n) is 7.08. The zero-order chi connectivity index (χ0) is 24.5. The van der Waals surface area contributed by atoms with Crippen molar-refractivity contribution in [2.24, 2.45) is 5.73 Å². The van der Waals surface area contributed by atoms with Crippen molar-refractivity contribution in [3.8, 4) is 17.7 Å². The molecule has 1 unspecified atom stereocenters. The Morgan fingerprint density at radius 2 is 2.15 bits per heavy atom. The summed E-state index contributed by atoms with van der Waals surface area (Å²) in [7, 11) is 3.50. The number of benzene rings is 1. The van der Waals surface area contributed by atoms with Crippen molar-refractivity contribution in [1.82, 2.24) is 9.97 Å². The van der Waals surface area contributed by atoms with E-state index in [0.29, 0.717) is 30.6 Å². The van der Waals surface area contributed by atoms with Crippen molar-refractivity contribution < 1.29 is 19.6 Å². The minimum atomic E-state index is -1.18. The number of carboxylic acids is 1. The lowest BCUT2D eigenvalue weighted by Gasteiger charge is -2.19. The summed E-state index contributed by atoms with van der Waals surface area (Å²) >= 11 is 1.11. The zero-order valence-corrected chi connectivity index (χ0v) is 19.3. The fourth-order valence-corrected chi connectivity index (χ4v) is 3.25. The molecule has 1 aromatic heterocycles. The number of nitro groups is 1. The summed E-state index contributed by atoms with van der Waals surface area (Å²) in [6.07, 6.45) is 3.01. The Bertz CT molecular complexity index is 1060. The molecule has 13 heteroatoms. The predicted molar refractivity (Wildman–Crippen MR) is 124 cm³/mol. The third-order valence-electron chi connectivity index (χ3n) is 4.53. The number of nitrogens with two attached hydrogens (primary N) is 1. The summed E-state index contributed by atoms with van der Waals surface area (Å²) in [5.41, 5.74) is 5.72. The third kappa shape index (κ3) is 6.67. The van der Waals surface area contributed by atoms with E-state index in [2.05, 4.69) is 15.3 Å². The van der Waals surface area contributed by atoms with Crippen LogP contribution in [-0.2, 0) is 4.79 Å². The lowest BCUT2D eigenvalue weighted by atomic mass is 10.1. The molecule has 0 aliphatic rings. The quantitative estimate of drug-likeness (QED) is 0.134. The van der Waals surface area contributed by atoms with E-state index in [1.807, 2.05) is 6.07 Å². The maximum Gasteiger partial charge on any atom is 0.373 e. The van der Waals surface area contributed by atoms with Crippen LogP contribution in [0.3, 0.4) is 0 Å². The number of carboxylic acid groups (broad SMARTS) is 1. The number of aromatic nitrogens is 2. The van der Waals surface area contributed by atoms with Crippen LogP contribution in [0.2, 0.25) is 0 Å². The first-order valence-electron chi connectivity index (χ1n) is 9.91. The van der Waals surface area contributed by atoms with Gasteiger partial charge in [-0.25, -0.2) is 4.79 Å². The summed E-state index contributed by atoms with van der Waals surface area (Å²) < 4.78 is 5.83. The van der Waals surface area contributed by atoms with E-state index >= 15 is 0 Å². The normalized spacial score (nSPS) is 11.4. The number of unbranched alkanes of at least 4 members (excludes halogenated alkanes) is 1. The van der Waals surface area contributed by atoms with E-state index in [9.17, 15) is 25.3 Å². The first-order chi connectivity index (χ1) is 15.7. The van der Waals surface area contributed by atoms with Gasteiger partial charge in [-0.2, -0.15) is 15.2 Å². The Labute approximate surface area is 194 Å². The highest BCUT2D eigenvalue weighted by atomic mass is 32.2. The number of nitrogens with one attached hydrogen (secondary N) is 1. The number of carbonyl (C=O) groups is 1. The lowest BCUT2D eigenvalue weighted by Crippen LogP contribution is -2.30. The van der Waals surface area contributed by atoms with Crippen LogP contribution in [0.15, 0.2) is 23.4 Å². The Balaban J connectivity index is 2.57. The van der Waals surface area contributed by atoms with Gasteiger partial charge in [0.05, 0.1) is 22.2 Å². The van der Waals surface area contributed by atoms with Crippen molar-refractivity contribution >= 4 is 34.9 Å². The van der Waals surface area contributed by atoms with Gasteiger partial charge >= 0.3 is 17.5 Å². The van der Waals surface area contributed by atoms with Crippen molar-refractivity contribution in [3.63, 3.8) is 0 Å². The molecular formula is C20H25N7O5S. The summed E-state index contributed by atoms with van der Waals surface area (Å²) in [5.74, 6) is -1.63. The van der Waals surface area contributed by atoms with E-state index < -0.39 is 22.6 Å². The molecule has 0 aliphatic heterocycles. The van der Waals surface area contributed by atoms with Crippen molar-refractivity contribution in [3.05, 3.63) is 33.9 Å². The van der Waals surface area contributed by atoms with E-state index in [0.717, 1.165) is 11.8 Å². The van der Waals surface area contributed by atoms with E-state index in [4.69, 9.17) is 10.5 Å². The molecule has 1 aromatic carbocycles. The Morgan fingerprint density at radius 3 is 2.70 bits per heavy atom. The number of nitriles is 1. The van der Waals surface area contributed by atoms with Crippen molar-refractivity contribution in [2.75, 3.05) is 37.1 Å². The van der Waals surface area contributed by atoms with Crippen molar-refractivity contribution in [2.45, 2.75) is 30.5 Å². The van der Waals surface area contributed by atoms with E-state index in [-0.39, 0.29) is 29.0 Å². The van der Waals surface area contributed by atoms with Gasteiger partial charge in [0.2, 0.25) is 5.82 Å². The Morgan fingerprint density at radius 1 is 1.42 bits per heavy atom. The molecule has 176 valence electrons. The number of aliphatic carboxylic acids is 1. The fourth-order valence-electron chi connectivity index (χ4n) is 2.90. The molecule has 2 rings (SSSR count). The van der Waals surface area contributed by atoms with Gasteiger partial charge in [-0.05, 0) is 44.2 Å². The molecule has 33 heavy (non-hydrogen) atoms. The van der Waals surface area contributed by atoms with Crippen molar-refractivity contribution in [1.29, 1.82) is 5.26 Å². The molecule has 1 atom stereocenters. The molecule has 1 heterocycles. The monoisotopic (exact) mass is 475 g/mol. The molecule has 0 bridgehead atoms. The zero-order valence-electron chi connectivity index (χ0n) is 18.4. The van der Waals surface area contributed by atoms with Crippen LogP contribution >= 0.6 is 11.8 Å². The largest absolute Gasteiger partial charge is 0.480 e. The van der Waals surface area contributed by atoms with Crippen LogP contribution in [-0.4, -0.2) is 58.9 Å². The highest BCUT2D eigenvalue weighted by Gasteiger charge is 2.30. The first kappa shape index (κ1) is 25.6. The van der Waals surface area contributed by atoms with Crippen LogP contribution < -0.4 is 20.7 Å². The summed E-state index contributed by atoms with van der Waals surface area (Å²) in [6.45, 7) is 0.407. The number of hydrogen-bond donors (Lipinski definition) is 3. The molecule has 0 radical (unpaired) electrons. The average Bonchev–Trinajstić information content (AvgIpc) is 2.77. The van der Waals surface area contributed by atoms with Gasteiger partial charge in [-0.15, -0.1) is 0 Å². The molecule has 12 nitrogen and oxygen atoms in total. The number of rotatable bonds is 12. The minimum absolute atomic E-state index is 0.145. The third-order valence-corrected chi connectivity index (χ3v) is 5.08. The molecule has 2 aromatic rings. The second-order valence-corrected chi connectivity index (χ2v) is 7.85. The molecule has 0 fully saturated rings. The molecular weight excluding hydrogens is 450 g/mol. The predicted octanol–water partition coefficient (Wildman–Crippen LogP) is 2.83. The minimum Gasteiger partial charge on any atom is -0.480 e. The number of ether oxygens (including phenoxy) is 1. The maximum atomic E-state index is 12.0. The molecule has 4 N–H and O–H groups in total. The Hall–Kier alpha value is -3.63. The van der Waals surface area contributed by atoms with Crippen LogP contribution in [0.1, 0.15) is 24.8 Å². The van der Waals surface area contributed by atoms with E-state index in [1.54, 1.807) is 37.4 Å². The summed E-state index contributed by atoms with van der Waals surface area (Å²) in [4.78, 5) is 32.9. The second kappa shape index (κ2) is 11.8. The van der Waals surface area contributed by atoms with Gasteiger partial charge in [0, 0.05) is 20.2 Å². The molecule has 0 spiro atoms. The SMILES string of the molecule is CSc1nc(NC(CCCCN)C(=O)O)c([N+](=O)[O-])c(Oc2cc(C#N)ccc2N(C)C)n1. The van der Waals surface area contributed by atoms with Crippen LogP contribution in [0.25, 0.3) is 0 Å². The standard InChI is InChI=1S/C20H25N7O5S/c1-26(2)14-8-7-12(11-22)10-15(14)32-18-16(27(30)31)17(24-20(25-18)33-3)23-13(19(28)29)6-4-5-9-21/h7-8,10,13H,4-6,9,21H2,1-3H3,(H,28,29)(H,23,24,25). The van der Waals surface area contributed by atoms with Crippen LogP contribution in [0.5, 0.6) is 11.6 Å². The first-order valence-corrected chi connectivity index (χ1v) is 11.1. The highest BCUT2D eigenvalue weighted by molar-refractivity contribution is 7.98. The Kier molecular flexibility index (Phi) is 9.19. The van der Waals surface area contributed by atoms with Gasteiger partial charge < -0.3 is 25.8 Å². The van der Waals surface area contributed by atoms with E-state index in [1.165, 1.54) is 6.07 Å². The number of hydrogen-bond acceptors (Lipinski definition) is 11. The highest BCUT2D eigenvalue weighted by Crippen LogP contribution is 2.39. The lowest BCUT2D eigenvalue weighted by molar-refractivity contribution is -0.385. The summed E-state index contributed by atoms with van der Waals surface area (Å²) in [6, 6.07) is 5.56. The van der Waals surface area contributed by atoms with Crippen LogP contribution in [0, 0.1) is 21.4 Å². The van der Waals surface area contributed by atoms with Gasteiger partial charge in [0.1, 0.15) is 6.04 Å². The molecule has 0 saturated heterocycles. The van der Waals surface area contributed by atoms with Gasteiger partial charge in [0.15, 0.2) is 10.9 Å². The maximum absolute atomic E-state index is 12.0. The molecule has 0 amide bonds. The van der Waals surface area contributed by atoms with Gasteiger partial charge in [0.25, 0.3) is 0 Å². The van der Waals surface area contributed by atoms with Gasteiger partial charge in [-0.3, -0.25) is 10.1 Å². The van der Waals surface area contributed by atoms with Gasteiger partial charge in [-0.1, -0.05) is 11.8 Å². The topological polar surface area (TPSA) is 181 Å². The average molecular weight is 476 g/mol. The number of anilines is 2. The smallest absolute Gasteiger partial charge is 0.373 e.